The van der Waals surface area contributed by atoms with Gasteiger partial charge in [-0.2, -0.15) is 0 Å². The highest BCUT2D eigenvalue weighted by Crippen LogP contribution is 2.44. The van der Waals surface area contributed by atoms with Gasteiger partial charge in [0.05, 0.1) is 13.5 Å². The molecule has 0 saturated carbocycles. The van der Waals surface area contributed by atoms with Crippen molar-refractivity contribution in [3.05, 3.63) is 35.5 Å². The molecule has 134 valence electrons. The van der Waals surface area contributed by atoms with Gasteiger partial charge in [0.25, 0.3) is 0 Å². The van der Waals surface area contributed by atoms with E-state index in [1.54, 1.807) is 0 Å². The number of piperidine rings is 1. The van der Waals surface area contributed by atoms with Gasteiger partial charge >= 0.3 is 5.97 Å². The number of H-pyrrole nitrogens is 1. The van der Waals surface area contributed by atoms with E-state index in [1.165, 1.54) is 35.6 Å². The molecule has 2 heterocycles. The number of fused-ring (bicyclic) bond motifs is 2. The minimum atomic E-state index is -0.146. The van der Waals surface area contributed by atoms with E-state index < -0.39 is 0 Å². The highest BCUT2D eigenvalue weighted by molar-refractivity contribution is 5.88. The molecule has 1 aliphatic carbocycles. The molecule has 0 bridgehead atoms. The maximum Gasteiger partial charge on any atom is 0.306 e. The van der Waals surface area contributed by atoms with Gasteiger partial charge in [0.1, 0.15) is 0 Å². The number of likely N-dealkylation sites (tertiary alicyclic amines) is 1. The van der Waals surface area contributed by atoms with Gasteiger partial charge in [0.15, 0.2) is 0 Å². The summed E-state index contributed by atoms with van der Waals surface area (Å²) in [5.41, 5.74) is 4.25. The Hall–Kier alpha value is -1.85. The minimum Gasteiger partial charge on any atom is -0.469 e. The van der Waals surface area contributed by atoms with E-state index in [0.29, 0.717) is 30.8 Å². The molecule has 2 aliphatic rings. The van der Waals surface area contributed by atoms with Crippen molar-refractivity contribution in [2.45, 2.75) is 31.2 Å². The van der Waals surface area contributed by atoms with Crippen molar-refractivity contribution >= 4 is 16.9 Å². The fourth-order valence-electron chi connectivity index (χ4n) is 4.80. The zero-order valence-corrected chi connectivity index (χ0v) is 15.0. The quantitative estimate of drug-likeness (QED) is 0.647. The minimum absolute atomic E-state index is 0.146. The largest absolute Gasteiger partial charge is 0.469 e. The second kappa shape index (κ2) is 6.81. The van der Waals surface area contributed by atoms with Gasteiger partial charge in [-0.15, -0.1) is 0 Å². The SMILES string of the molecule is COC(=O)CCNC[C@@H]1CC2c3cccc4[nH]cc(c34)C[C@H]2N(C)C1. The molecule has 1 fully saturated rings. The predicted octanol–water partition coefficient (Wildman–Crippen LogP) is 2.28. The van der Waals surface area contributed by atoms with Crippen molar-refractivity contribution in [2.75, 3.05) is 33.8 Å². The van der Waals surface area contributed by atoms with Crippen molar-refractivity contribution in [3.63, 3.8) is 0 Å². The highest BCUT2D eigenvalue weighted by atomic mass is 16.5. The number of benzene rings is 1. The van der Waals surface area contributed by atoms with Gasteiger partial charge in [0, 0.05) is 42.1 Å². The third-order valence-electron chi connectivity index (χ3n) is 5.98. The number of hydrogen-bond donors (Lipinski definition) is 2. The molecule has 4 rings (SSSR count). The topological polar surface area (TPSA) is 57.4 Å². The summed E-state index contributed by atoms with van der Waals surface area (Å²) in [7, 11) is 3.70. The maximum absolute atomic E-state index is 11.2. The Balaban J connectivity index is 1.47. The fourth-order valence-corrected chi connectivity index (χ4v) is 4.80. The summed E-state index contributed by atoms with van der Waals surface area (Å²) in [4.78, 5) is 17.2. The van der Waals surface area contributed by atoms with E-state index in [0.717, 1.165) is 19.5 Å². The van der Waals surface area contributed by atoms with Crippen LogP contribution < -0.4 is 5.32 Å². The van der Waals surface area contributed by atoms with Crippen LogP contribution in [-0.4, -0.2) is 55.7 Å². The van der Waals surface area contributed by atoms with E-state index in [-0.39, 0.29) is 5.97 Å². The van der Waals surface area contributed by atoms with Crippen LogP contribution >= 0.6 is 0 Å². The molecule has 0 radical (unpaired) electrons. The number of nitrogens with zero attached hydrogens (tertiary/aromatic N) is 1. The number of carbonyl (C=O) groups is 1. The molecule has 5 heteroatoms. The molecule has 1 unspecified atom stereocenters. The Labute approximate surface area is 148 Å². The number of nitrogens with one attached hydrogen (secondary N) is 2. The van der Waals surface area contributed by atoms with Crippen LogP contribution in [0.3, 0.4) is 0 Å². The average Bonchev–Trinajstić information content (AvgIpc) is 3.04. The van der Waals surface area contributed by atoms with Crippen LogP contribution in [0.4, 0.5) is 0 Å². The van der Waals surface area contributed by atoms with Crippen molar-refractivity contribution < 1.29 is 9.53 Å². The van der Waals surface area contributed by atoms with Crippen LogP contribution in [0.15, 0.2) is 24.4 Å². The molecular formula is C20H27N3O2. The third-order valence-corrected chi connectivity index (χ3v) is 5.98. The summed E-state index contributed by atoms with van der Waals surface area (Å²) < 4.78 is 4.70. The molecule has 1 aliphatic heterocycles. The molecule has 1 saturated heterocycles. The second-order valence-corrected chi connectivity index (χ2v) is 7.53. The van der Waals surface area contributed by atoms with Crippen LogP contribution in [0.2, 0.25) is 0 Å². The molecule has 3 atom stereocenters. The Bertz CT molecular complexity index is 769. The summed E-state index contributed by atoms with van der Waals surface area (Å²) in [6, 6.07) is 7.28. The summed E-state index contributed by atoms with van der Waals surface area (Å²) in [6.45, 7) is 2.77. The van der Waals surface area contributed by atoms with Crippen LogP contribution in [-0.2, 0) is 16.0 Å². The lowest BCUT2D eigenvalue weighted by atomic mass is 9.72. The lowest BCUT2D eigenvalue weighted by Gasteiger charge is -2.45. The van der Waals surface area contributed by atoms with Crippen molar-refractivity contribution in [2.24, 2.45) is 5.92 Å². The Morgan fingerprint density at radius 2 is 2.32 bits per heavy atom. The van der Waals surface area contributed by atoms with E-state index in [2.05, 4.69) is 46.6 Å². The van der Waals surface area contributed by atoms with E-state index in [1.807, 2.05) is 0 Å². The summed E-state index contributed by atoms with van der Waals surface area (Å²) in [5.74, 6) is 1.06. The Kier molecular flexibility index (Phi) is 4.52. The van der Waals surface area contributed by atoms with Crippen LogP contribution in [0.5, 0.6) is 0 Å². The third kappa shape index (κ3) is 3.07. The second-order valence-electron chi connectivity index (χ2n) is 7.53. The first kappa shape index (κ1) is 16.6. The summed E-state index contributed by atoms with van der Waals surface area (Å²) in [6.07, 6.45) is 4.99. The number of aromatic amines is 1. The van der Waals surface area contributed by atoms with E-state index in [9.17, 15) is 4.79 Å². The molecule has 2 N–H and O–H groups in total. The average molecular weight is 341 g/mol. The van der Waals surface area contributed by atoms with Crippen molar-refractivity contribution in [1.82, 2.24) is 15.2 Å². The molecular weight excluding hydrogens is 314 g/mol. The lowest BCUT2D eigenvalue weighted by molar-refractivity contribution is -0.140. The number of esters is 1. The standard InChI is InChI=1S/C20H27N3O2/c1-23-12-13(10-21-7-6-19(24)25-2)8-16-15-4-3-5-17-20(15)14(11-22-17)9-18(16)23/h3-5,11,13,16,18,21-22H,6-10,12H2,1-2H3/t13-,16?,18+/m0/s1. The number of methoxy groups -OCH3 is 1. The Morgan fingerprint density at radius 1 is 1.44 bits per heavy atom. The lowest BCUT2D eigenvalue weighted by Crippen LogP contribution is -2.49. The fraction of sp³-hybridized carbons (Fsp3) is 0.550. The van der Waals surface area contributed by atoms with E-state index in [4.69, 9.17) is 4.74 Å². The first-order valence-corrected chi connectivity index (χ1v) is 9.24. The van der Waals surface area contributed by atoms with Gasteiger partial charge in [-0.25, -0.2) is 0 Å². The van der Waals surface area contributed by atoms with Gasteiger partial charge in [-0.05, 0) is 49.5 Å². The zero-order valence-electron chi connectivity index (χ0n) is 15.0. The van der Waals surface area contributed by atoms with Crippen LogP contribution in [0.25, 0.3) is 10.9 Å². The van der Waals surface area contributed by atoms with Gasteiger partial charge in [0.2, 0.25) is 0 Å². The number of rotatable bonds is 5. The number of likely N-dealkylation sites (N-methyl/N-ethyl adjacent to an activating group) is 1. The maximum atomic E-state index is 11.2. The van der Waals surface area contributed by atoms with Crippen LogP contribution in [0.1, 0.15) is 29.9 Å². The smallest absolute Gasteiger partial charge is 0.306 e. The summed E-state index contributed by atoms with van der Waals surface area (Å²) in [5, 5.41) is 4.90. The number of aromatic nitrogens is 1. The van der Waals surface area contributed by atoms with Crippen LogP contribution in [0, 0.1) is 5.92 Å². The molecule has 0 spiro atoms. The van der Waals surface area contributed by atoms with Gasteiger partial charge in [-0.3, -0.25) is 4.79 Å². The molecule has 0 amide bonds. The monoisotopic (exact) mass is 341 g/mol. The predicted molar refractivity (Wildman–Crippen MR) is 98.8 cm³/mol. The molecule has 5 nitrogen and oxygen atoms in total. The van der Waals surface area contributed by atoms with Crippen molar-refractivity contribution in [3.8, 4) is 0 Å². The highest BCUT2D eigenvalue weighted by Gasteiger charge is 2.39. The molecule has 1 aromatic heterocycles. The summed E-state index contributed by atoms with van der Waals surface area (Å²) >= 11 is 0. The number of ether oxygens (including phenoxy) is 1. The van der Waals surface area contributed by atoms with Crippen molar-refractivity contribution in [1.29, 1.82) is 0 Å². The van der Waals surface area contributed by atoms with E-state index >= 15 is 0 Å². The number of carbonyl (C=O) groups excluding carboxylic acids is 1. The first-order valence-electron chi connectivity index (χ1n) is 9.24. The van der Waals surface area contributed by atoms with Gasteiger partial charge < -0.3 is 19.9 Å². The molecule has 2 aromatic rings. The van der Waals surface area contributed by atoms with Gasteiger partial charge in [-0.1, -0.05) is 12.1 Å². The normalized spacial score (nSPS) is 25.8. The molecule has 25 heavy (non-hydrogen) atoms. The zero-order chi connectivity index (χ0) is 17.4. The molecule has 1 aromatic carbocycles. The first-order chi connectivity index (χ1) is 12.2. The number of hydrogen-bond acceptors (Lipinski definition) is 4. The Morgan fingerprint density at radius 3 is 3.16 bits per heavy atom.